The number of aromatic nitrogens is 1. The molecule has 3 heterocycles. The average molecular weight is 366 g/mol. The van der Waals surface area contributed by atoms with E-state index in [2.05, 4.69) is 21.3 Å². The quantitative estimate of drug-likeness (QED) is 0.901. The molecule has 2 aliphatic heterocycles. The van der Waals surface area contributed by atoms with Gasteiger partial charge in [0, 0.05) is 51.3 Å². The second-order valence-electron chi connectivity index (χ2n) is 7.29. The highest BCUT2D eigenvalue weighted by Crippen LogP contribution is 2.31. The summed E-state index contributed by atoms with van der Waals surface area (Å²) in [4.78, 5) is 22.2. The van der Waals surface area contributed by atoms with Gasteiger partial charge in [0.1, 0.15) is 11.6 Å². The van der Waals surface area contributed by atoms with Crippen molar-refractivity contribution >= 4 is 11.7 Å². The fraction of sp³-hybridized carbons (Fsp3) is 0.429. The van der Waals surface area contributed by atoms with Gasteiger partial charge in [-0.3, -0.25) is 4.79 Å². The van der Waals surface area contributed by atoms with Crippen LogP contribution < -0.4 is 15.0 Å². The first-order valence-electron chi connectivity index (χ1n) is 9.57. The number of fused-ring (bicyclic) bond motifs is 1. The van der Waals surface area contributed by atoms with Crippen molar-refractivity contribution in [2.75, 3.05) is 38.1 Å². The number of hydrogen-bond donors (Lipinski definition) is 1. The predicted molar refractivity (Wildman–Crippen MR) is 105 cm³/mol. The Balaban J connectivity index is 1.62. The Morgan fingerprint density at radius 1 is 1.11 bits per heavy atom. The monoisotopic (exact) mass is 366 g/mol. The number of ether oxygens (including phenoxy) is 1. The minimum Gasteiger partial charge on any atom is -0.477 e. The number of nitrogens with one attached hydrogen (secondary N) is 1. The van der Waals surface area contributed by atoms with Crippen LogP contribution in [0.3, 0.4) is 0 Å². The van der Waals surface area contributed by atoms with E-state index in [0.29, 0.717) is 25.9 Å². The molecule has 0 unspecified atom stereocenters. The van der Waals surface area contributed by atoms with E-state index in [1.807, 2.05) is 48.3 Å². The molecular formula is C21H26N4O2. The first-order valence-corrected chi connectivity index (χ1v) is 9.57. The van der Waals surface area contributed by atoms with E-state index in [4.69, 9.17) is 4.74 Å². The fourth-order valence-corrected chi connectivity index (χ4v) is 3.92. The summed E-state index contributed by atoms with van der Waals surface area (Å²) in [5.41, 5.74) is 0.271. The standard InChI is InChI=1S/C21H26N4O2/c1-24-14-15-25(16-17-6-5-11-23-19(17)24)20(26)21(9-12-22-13-10-21)27-18-7-3-2-4-8-18/h2-8,11,22H,9-10,12-16H2,1H3. The molecule has 2 aliphatic rings. The Bertz CT molecular complexity index is 790. The SMILES string of the molecule is CN1CCN(C(=O)C2(Oc3ccccc3)CCNCC2)Cc2cccnc21. The van der Waals surface area contributed by atoms with Gasteiger partial charge in [-0.15, -0.1) is 0 Å². The highest BCUT2D eigenvalue weighted by molar-refractivity contribution is 5.86. The second kappa shape index (κ2) is 7.56. The molecule has 0 radical (unpaired) electrons. The third-order valence-corrected chi connectivity index (χ3v) is 5.44. The van der Waals surface area contributed by atoms with Gasteiger partial charge in [0.2, 0.25) is 0 Å². The summed E-state index contributed by atoms with van der Waals surface area (Å²) in [6, 6.07) is 13.7. The van der Waals surface area contributed by atoms with Crippen LogP contribution in [0.4, 0.5) is 5.82 Å². The molecule has 2 aromatic rings. The molecule has 1 N–H and O–H groups in total. The van der Waals surface area contributed by atoms with Gasteiger partial charge >= 0.3 is 0 Å². The minimum atomic E-state index is -0.808. The predicted octanol–water partition coefficient (Wildman–Crippen LogP) is 2.06. The maximum absolute atomic E-state index is 13.7. The minimum absolute atomic E-state index is 0.0814. The van der Waals surface area contributed by atoms with Crippen LogP contribution in [0.2, 0.25) is 0 Å². The molecule has 0 spiro atoms. The van der Waals surface area contributed by atoms with Crippen LogP contribution >= 0.6 is 0 Å². The Morgan fingerprint density at radius 2 is 1.89 bits per heavy atom. The van der Waals surface area contributed by atoms with Gasteiger partial charge in [-0.2, -0.15) is 0 Å². The summed E-state index contributed by atoms with van der Waals surface area (Å²) in [6.45, 7) is 3.56. The number of benzene rings is 1. The van der Waals surface area contributed by atoms with Crippen molar-refractivity contribution in [3.63, 3.8) is 0 Å². The lowest BCUT2D eigenvalue weighted by atomic mass is 9.90. The van der Waals surface area contributed by atoms with Crippen molar-refractivity contribution in [2.45, 2.75) is 25.0 Å². The van der Waals surface area contributed by atoms with Crippen LogP contribution in [0.5, 0.6) is 5.75 Å². The normalized spacial score (nSPS) is 19.1. The zero-order valence-electron chi connectivity index (χ0n) is 15.7. The Labute approximate surface area is 160 Å². The van der Waals surface area contributed by atoms with Crippen molar-refractivity contribution in [3.8, 4) is 5.75 Å². The van der Waals surface area contributed by atoms with E-state index in [1.165, 1.54) is 0 Å². The highest BCUT2D eigenvalue weighted by Gasteiger charge is 2.45. The number of piperidine rings is 1. The molecule has 1 aromatic carbocycles. The molecule has 0 saturated carbocycles. The molecule has 6 nitrogen and oxygen atoms in total. The van der Waals surface area contributed by atoms with E-state index in [-0.39, 0.29) is 5.91 Å². The van der Waals surface area contributed by atoms with E-state index >= 15 is 0 Å². The molecule has 1 aromatic heterocycles. The van der Waals surface area contributed by atoms with Gasteiger partial charge in [-0.25, -0.2) is 4.98 Å². The number of carbonyl (C=O) groups excluding carboxylic acids is 1. The molecule has 4 rings (SSSR count). The summed E-state index contributed by atoms with van der Waals surface area (Å²) < 4.78 is 6.35. The number of anilines is 1. The van der Waals surface area contributed by atoms with Gasteiger partial charge in [0.05, 0.1) is 0 Å². The maximum atomic E-state index is 13.7. The van der Waals surface area contributed by atoms with Crippen LogP contribution in [0.1, 0.15) is 18.4 Å². The van der Waals surface area contributed by atoms with E-state index in [9.17, 15) is 4.79 Å². The van der Waals surface area contributed by atoms with Crippen molar-refractivity contribution < 1.29 is 9.53 Å². The van der Waals surface area contributed by atoms with Gasteiger partial charge in [-0.1, -0.05) is 24.3 Å². The third kappa shape index (κ3) is 3.62. The van der Waals surface area contributed by atoms with Crippen LogP contribution in [-0.2, 0) is 11.3 Å². The number of amides is 1. The van der Waals surface area contributed by atoms with Crippen molar-refractivity contribution in [1.29, 1.82) is 0 Å². The molecule has 6 heteroatoms. The summed E-state index contributed by atoms with van der Waals surface area (Å²) in [6.07, 6.45) is 3.15. The van der Waals surface area contributed by atoms with Crippen LogP contribution in [0, 0.1) is 0 Å². The maximum Gasteiger partial charge on any atom is 0.267 e. The lowest BCUT2D eigenvalue weighted by molar-refractivity contribution is -0.151. The Hall–Kier alpha value is -2.60. The molecule has 0 atom stereocenters. The van der Waals surface area contributed by atoms with Crippen molar-refractivity contribution in [1.82, 2.24) is 15.2 Å². The molecule has 1 amide bonds. The topological polar surface area (TPSA) is 57.7 Å². The summed E-state index contributed by atoms with van der Waals surface area (Å²) in [5, 5.41) is 3.35. The summed E-state index contributed by atoms with van der Waals surface area (Å²) >= 11 is 0. The van der Waals surface area contributed by atoms with Crippen LogP contribution in [0.25, 0.3) is 0 Å². The highest BCUT2D eigenvalue weighted by atomic mass is 16.5. The number of hydrogen-bond acceptors (Lipinski definition) is 5. The van der Waals surface area contributed by atoms with Crippen molar-refractivity contribution in [2.24, 2.45) is 0 Å². The number of para-hydroxylation sites is 1. The third-order valence-electron chi connectivity index (χ3n) is 5.44. The first kappa shape index (κ1) is 17.8. The second-order valence-corrected chi connectivity index (χ2v) is 7.29. The zero-order chi connectivity index (χ0) is 18.7. The fourth-order valence-electron chi connectivity index (χ4n) is 3.92. The average Bonchev–Trinajstić information content (AvgIpc) is 2.88. The molecule has 1 saturated heterocycles. The molecule has 27 heavy (non-hydrogen) atoms. The molecule has 0 aliphatic carbocycles. The molecule has 0 bridgehead atoms. The lowest BCUT2D eigenvalue weighted by Gasteiger charge is -2.39. The molecule has 142 valence electrons. The summed E-state index contributed by atoms with van der Waals surface area (Å²) in [7, 11) is 2.03. The molecule has 1 fully saturated rings. The largest absolute Gasteiger partial charge is 0.477 e. The van der Waals surface area contributed by atoms with Crippen LogP contribution in [-0.4, -0.2) is 54.6 Å². The smallest absolute Gasteiger partial charge is 0.267 e. The van der Waals surface area contributed by atoms with E-state index < -0.39 is 5.60 Å². The lowest BCUT2D eigenvalue weighted by Crippen LogP contribution is -2.57. The van der Waals surface area contributed by atoms with Gasteiger partial charge < -0.3 is 19.9 Å². The number of pyridine rings is 1. The van der Waals surface area contributed by atoms with E-state index in [1.54, 1.807) is 6.20 Å². The number of carbonyl (C=O) groups is 1. The Kier molecular flexibility index (Phi) is 4.99. The van der Waals surface area contributed by atoms with Crippen molar-refractivity contribution in [3.05, 3.63) is 54.2 Å². The van der Waals surface area contributed by atoms with E-state index in [0.717, 1.165) is 36.8 Å². The van der Waals surface area contributed by atoms with Gasteiger partial charge in [-0.05, 0) is 31.3 Å². The summed E-state index contributed by atoms with van der Waals surface area (Å²) in [5.74, 6) is 1.79. The van der Waals surface area contributed by atoms with Gasteiger partial charge in [0.25, 0.3) is 5.91 Å². The molecular weight excluding hydrogens is 340 g/mol. The zero-order valence-corrected chi connectivity index (χ0v) is 15.7. The Morgan fingerprint density at radius 3 is 2.67 bits per heavy atom. The number of nitrogens with zero attached hydrogens (tertiary/aromatic N) is 3. The number of likely N-dealkylation sites (N-methyl/N-ethyl adjacent to an activating group) is 1. The van der Waals surface area contributed by atoms with Gasteiger partial charge in [0.15, 0.2) is 5.60 Å². The number of rotatable bonds is 3. The van der Waals surface area contributed by atoms with Crippen LogP contribution in [0.15, 0.2) is 48.7 Å². The first-order chi connectivity index (χ1) is 13.2.